The Balaban J connectivity index is 2.50. The number of hydrogen-bond acceptors (Lipinski definition) is 6. The maximum absolute atomic E-state index is 10.9. The van der Waals surface area contributed by atoms with Gasteiger partial charge in [0.05, 0.1) is 29.0 Å². The van der Waals surface area contributed by atoms with Crippen molar-refractivity contribution < 1.29 is 25.9 Å². The van der Waals surface area contributed by atoms with E-state index in [9.17, 15) is 8.42 Å². The summed E-state index contributed by atoms with van der Waals surface area (Å²) in [7, 11) is -6.61. The van der Waals surface area contributed by atoms with E-state index in [1.165, 1.54) is 6.92 Å². The van der Waals surface area contributed by atoms with Gasteiger partial charge in [0.1, 0.15) is 6.10 Å². The zero-order chi connectivity index (χ0) is 10.1. The Labute approximate surface area is 78.5 Å². The van der Waals surface area contributed by atoms with Gasteiger partial charge >= 0.3 is 0 Å². The van der Waals surface area contributed by atoms with Crippen LogP contribution in [0.4, 0.5) is 0 Å². The van der Waals surface area contributed by atoms with Crippen LogP contribution in [0.2, 0.25) is 0 Å². The van der Waals surface area contributed by atoms with Crippen LogP contribution < -0.4 is 0 Å². The molecule has 0 aromatic carbocycles. The summed E-state index contributed by atoms with van der Waals surface area (Å²) in [5.74, 6) is -0.311. The van der Waals surface area contributed by atoms with Crippen LogP contribution in [0, 0.1) is 0 Å². The molecule has 2 N–H and O–H groups in total. The highest BCUT2D eigenvalue weighted by Crippen LogP contribution is 2.46. The Bertz CT molecular complexity index is 271. The van der Waals surface area contributed by atoms with Crippen molar-refractivity contribution in [2.45, 2.75) is 13.0 Å². The van der Waals surface area contributed by atoms with Gasteiger partial charge < -0.3 is 9.11 Å². The van der Waals surface area contributed by atoms with Crippen molar-refractivity contribution in [3.05, 3.63) is 0 Å². The molecule has 0 spiro atoms. The summed E-state index contributed by atoms with van der Waals surface area (Å²) in [5, 5.41) is 0. The Hall–Kier alpha value is 0.140. The van der Waals surface area contributed by atoms with E-state index in [0.29, 0.717) is 0 Å². The van der Waals surface area contributed by atoms with Gasteiger partial charge in [-0.2, -0.15) is 8.42 Å². The van der Waals surface area contributed by atoms with Crippen LogP contribution >= 0.6 is 10.9 Å². The molecule has 1 saturated heterocycles. The van der Waals surface area contributed by atoms with Crippen molar-refractivity contribution in [1.82, 2.24) is 0 Å². The molecule has 6 nitrogen and oxygen atoms in total. The quantitative estimate of drug-likeness (QED) is 0.685. The molecule has 80 valence electrons. The lowest BCUT2D eigenvalue weighted by Gasteiger charge is -2.17. The fraction of sp³-hybridized carbons (Fsp3) is 1.00. The van der Waals surface area contributed by atoms with E-state index >= 15 is 0 Å². The highest BCUT2D eigenvalue weighted by atomic mass is 32.3. The molecule has 1 heterocycles. The molecule has 1 unspecified atom stereocenters. The normalized spacial score (nSPS) is 30.2. The van der Waals surface area contributed by atoms with E-state index in [1.807, 2.05) is 0 Å². The van der Waals surface area contributed by atoms with Gasteiger partial charge in [-0.3, -0.25) is 8.37 Å². The molecular weight excluding hydrogens is 220 g/mol. The van der Waals surface area contributed by atoms with E-state index in [0.717, 1.165) is 0 Å². The van der Waals surface area contributed by atoms with Gasteiger partial charge in [-0.15, -0.1) is 0 Å². The van der Waals surface area contributed by atoms with Crippen molar-refractivity contribution in [2.24, 2.45) is 0 Å². The van der Waals surface area contributed by atoms with Crippen LogP contribution in [0.5, 0.6) is 0 Å². The Morgan fingerprint density at radius 1 is 1.62 bits per heavy atom. The van der Waals surface area contributed by atoms with Crippen LogP contribution in [0.15, 0.2) is 0 Å². The van der Waals surface area contributed by atoms with Gasteiger partial charge in [0.25, 0.3) is 10.1 Å². The zero-order valence-corrected chi connectivity index (χ0v) is 8.68. The third-order valence-electron chi connectivity index (χ3n) is 1.48. The lowest BCUT2D eigenvalue weighted by atomic mass is 10.5. The minimum Gasteiger partial charge on any atom is -0.308 e. The number of hydrogen-bond donors (Lipinski definition) is 2. The van der Waals surface area contributed by atoms with Crippen molar-refractivity contribution in [3.8, 4) is 0 Å². The molecule has 1 atom stereocenters. The fourth-order valence-corrected chi connectivity index (χ4v) is 2.73. The summed E-state index contributed by atoms with van der Waals surface area (Å²) in [6.07, 6.45) is -0.769. The van der Waals surface area contributed by atoms with E-state index in [2.05, 4.69) is 8.37 Å². The van der Waals surface area contributed by atoms with Crippen LogP contribution in [0.3, 0.4) is 0 Å². The molecule has 0 aromatic heterocycles. The van der Waals surface area contributed by atoms with Gasteiger partial charge in [0.15, 0.2) is 0 Å². The standard InChI is InChI=1S/C5H12O6S2/c1-2-12(6,7)11-5-3-10-13(8,9)4-5/h5,8-9H,2-4H2,1H3. The largest absolute Gasteiger partial charge is 0.308 e. The first kappa shape index (κ1) is 11.2. The highest BCUT2D eigenvalue weighted by molar-refractivity contribution is 8.20. The summed E-state index contributed by atoms with van der Waals surface area (Å²) >= 11 is 0. The third kappa shape index (κ3) is 3.41. The van der Waals surface area contributed by atoms with Crippen LogP contribution in [0.1, 0.15) is 6.92 Å². The molecule has 0 saturated carbocycles. The van der Waals surface area contributed by atoms with Crippen molar-refractivity contribution in [3.63, 3.8) is 0 Å². The lowest BCUT2D eigenvalue weighted by Crippen LogP contribution is -2.22. The van der Waals surface area contributed by atoms with Gasteiger partial charge in [0, 0.05) is 0 Å². The SMILES string of the molecule is CCS(=O)(=O)OC1COS(O)(O)C1. The van der Waals surface area contributed by atoms with Crippen LogP contribution in [-0.4, -0.2) is 41.7 Å². The second kappa shape index (κ2) is 3.71. The highest BCUT2D eigenvalue weighted by Gasteiger charge is 2.35. The molecule has 13 heavy (non-hydrogen) atoms. The molecule has 1 aliphatic heterocycles. The molecule has 0 bridgehead atoms. The molecule has 0 radical (unpaired) electrons. The average Bonchev–Trinajstić information content (AvgIpc) is 2.29. The first-order chi connectivity index (χ1) is 5.85. The maximum Gasteiger partial charge on any atom is 0.267 e. The minimum absolute atomic E-state index is 0.0957. The predicted octanol–water partition coefficient (Wildman–Crippen LogP) is 0.417. The molecule has 0 aromatic rings. The Morgan fingerprint density at radius 2 is 2.23 bits per heavy atom. The molecule has 0 aliphatic carbocycles. The van der Waals surface area contributed by atoms with Gasteiger partial charge in [-0.05, 0) is 6.92 Å². The second-order valence-electron chi connectivity index (χ2n) is 2.62. The molecule has 8 heteroatoms. The molecule has 1 fully saturated rings. The lowest BCUT2D eigenvalue weighted by molar-refractivity contribution is 0.180. The Kier molecular flexibility index (Phi) is 3.20. The summed E-state index contributed by atoms with van der Waals surface area (Å²) < 4.78 is 49.0. The van der Waals surface area contributed by atoms with E-state index in [-0.39, 0.29) is 18.1 Å². The zero-order valence-electron chi connectivity index (χ0n) is 7.04. The van der Waals surface area contributed by atoms with Crippen LogP contribution in [0.25, 0.3) is 0 Å². The van der Waals surface area contributed by atoms with Crippen LogP contribution in [-0.2, 0) is 18.5 Å². The number of rotatable bonds is 3. The summed E-state index contributed by atoms with van der Waals surface area (Å²) in [6.45, 7) is 1.35. The molecule has 1 aliphatic rings. The first-order valence-corrected chi connectivity index (χ1v) is 6.88. The predicted molar refractivity (Wildman–Crippen MR) is 48.0 cm³/mol. The average molecular weight is 232 g/mol. The molecule has 1 rings (SSSR count). The van der Waals surface area contributed by atoms with Crippen molar-refractivity contribution in [1.29, 1.82) is 0 Å². The fourth-order valence-electron chi connectivity index (χ4n) is 0.854. The maximum atomic E-state index is 10.9. The van der Waals surface area contributed by atoms with E-state index in [1.54, 1.807) is 0 Å². The minimum atomic E-state index is -3.54. The molecule has 0 amide bonds. The molecular formula is C5H12O6S2. The summed E-state index contributed by atoms with van der Waals surface area (Å²) in [6, 6.07) is 0. The van der Waals surface area contributed by atoms with Crippen molar-refractivity contribution in [2.75, 3.05) is 18.1 Å². The first-order valence-electron chi connectivity index (χ1n) is 3.66. The van der Waals surface area contributed by atoms with Gasteiger partial charge in [-0.25, -0.2) is 0 Å². The second-order valence-corrected chi connectivity index (χ2v) is 6.29. The van der Waals surface area contributed by atoms with Crippen molar-refractivity contribution >= 4 is 21.0 Å². The van der Waals surface area contributed by atoms with Gasteiger partial charge in [-0.1, -0.05) is 0 Å². The smallest absolute Gasteiger partial charge is 0.267 e. The Morgan fingerprint density at radius 3 is 2.62 bits per heavy atom. The van der Waals surface area contributed by atoms with E-state index in [4.69, 9.17) is 9.11 Å². The third-order valence-corrected chi connectivity index (χ3v) is 4.07. The summed E-state index contributed by atoms with van der Waals surface area (Å²) in [4.78, 5) is 0. The van der Waals surface area contributed by atoms with E-state index < -0.39 is 27.1 Å². The van der Waals surface area contributed by atoms with Gasteiger partial charge in [0.2, 0.25) is 0 Å². The topological polar surface area (TPSA) is 93.1 Å². The summed E-state index contributed by atoms with van der Waals surface area (Å²) in [5.41, 5.74) is 0. The monoisotopic (exact) mass is 232 g/mol.